The maximum absolute atomic E-state index is 5.20. The molecule has 0 aromatic heterocycles. The average molecular weight is 162 g/mol. The van der Waals surface area contributed by atoms with Crippen molar-refractivity contribution in [3.63, 3.8) is 0 Å². The quantitative estimate of drug-likeness (QED) is 0.622. The first-order valence-electron chi connectivity index (χ1n) is 4.53. The van der Waals surface area contributed by atoms with E-state index in [4.69, 9.17) is 4.74 Å². The Hall–Kier alpha value is -0.820. The highest BCUT2D eigenvalue weighted by Crippen LogP contribution is 2.26. The summed E-state index contributed by atoms with van der Waals surface area (Å²) in [4.78, 5) is 0. The zero-order chi connectivity index (χ0) is 8.39. The molecule has 2 atom stereocenters. The van der Waals surface area contributed by atoms with Gasteiger partial charge in [-0.15, -0.1) is 0 Å². The Morgan fingerprint density at radius 2 is 2.08 bits per heavy atom. The highest BCUT2D eigenvalue weighted by molar-refractivity contribution is 5.18. The van der Waals surface area contributed by atoms with Gasteiger partial charge in [0.15, 0.2) is 0 Å². The minimum atomic E-state index is 0.542. The summed E-state index contributed by atoms with van der Waals surface area (Å²) in [5, 5.41) is 0. The van der Waals surface area contributed by atoms with Crippen molar-refractivity contribution in [2.24, 2.45) is 0 Å². The molecule has 1 aromatic carbocycles. The summed E-state index contributed by atoms with van der Waals surface area (Å²) in [6.07, 6.45) is 1.71. The fraction of sp³-hybridized carbons (Fsp3) is 0.455. The molecule has 2 unspecified atom stereocenters. The van der Waals surface area contributed by atoms with Crippen molar-refractivity contribution in [1.29, 1.82) is 0 Å². The number of epoxide rings is 1. The minimum absolute atomic E-state index is 0.542. The van der Waals surface area contributed by atoms with Gasteiger partial charge in [0.2, 0.25) is 0 Å². The van der Waals surface area contributed by atoms with E-state index in [-0.39, 0.29) is 0 Å². The first kappa shape index (κ1) is 7.81. The van der Waals surface area contributed by atoms with Crippen molar-refractivity contribution in [2.75, 3.05) is 6.61 Å². The minimum Gasteiger partial charge on any atom is -0.373 e. The summed E-state index contributed by atoms with van der Waals surface area (Å²) in [5.41, 5.74) is 1.42. The molecule has 1 heteroatoms. The van der Waals surface area contributed by atoms with Crippen LogP contribution in [0.3, 0.4) is 0 Å². The lowest BCUT2D eigenvalue weighted by Gasteiger charge is -2.08. The molecule has 1 aromatic rings. The zero-order valence-electron chi connectivity index (χ0n) is 7.36. The van der Waals surface area contributed by atoms with Crippen LogP contribution in [0, 0.1) is 0 Å². The number of hydrogen-bond donors (Lipinski definition) is 0. The number of hydrogen-bond acceptors (Lipinski definition) is 1. The van der Waals surface area contributed by atoms with Gasteiger partial charge in [-0.2, -0.15) is 0 Å². The molecule has 1 aliphatic rings. The summed E-state index contributed by atoms with van der Waals surface area (Å²) in [5.74, 6) is 0.638. The second-order valence-corrected chi connectivity index (χ2v) is 3.50. The van der Waals surface area contributed by atoms with Crippen LogP contribution in [0.4, 0.5) is 0 Å². The van der Waals surface area contributed by atoms with E-state index in [0.29, 0.717) is 12.0 Å². The average Bonchev–Trinajstić information content (AvgIpc) is 2.90. The first-order chi connectivity index (χ1) is 5.86. The predicted molar refractivity (Wildman–Crippen MR) is 49.2 cm³/mol. The SMILES string of the molecule is CC(CC1CO1)c1ccccc1. The molecule has 64 valence electrons. The predicted octanol–water partition coefficient (Wildman–Crippen LogP) is 2.58. The fourth-order valence-electron chi connectivity index (χ4n) is 1.52. The lowest BCUT2D eigenvalue weighted by Crippen LogP contribution is -1.97. The summed E-state index contributed by atoms with van der Waals surface area (Å²) in [7, 11) is 0. The molecule has 1 aliphatic heterocycles. The van der Waals surface area contributed by atoms with Gasteiger partial charge in [0, 0.05) is 0 Å². The summed E-state index contributed by atoms with van der Waals surface area (Å²) < 4.78 is 5.20. The maximum Gasteiger partial charge on any atom is 0.0815 e. The third-order valence-electron chi connectivity index (χ3n) is 2.39. The fourth-order valence-corrected chi connectivity index (χ4v) is 1.52. The Balaban J connectivity index is 1.98. The zero-order valence-corrected chi connectivity index (χ0v) is 7.36. The molecule has 0 spiro atoms. The molecule has 0 radical (unpaired) electrons. The summed E-state index contributed by atoms with van der Waals surface area (Å²) in [6, 6.07) is 10.6. The Bertz CT molecular complexity index is 238. The van der Waals surface area contributed by atoms with E-state index in [1.165, 1.54) is 12.0 Å². The largest absolute Gasteiger partial charge is 0.373 e. The molecule has 0 N–H and O–H groups in total. The van der Waals surface area contributed by atoms with Crippen molar-refractivity contribution in [3.05, 3.63) is 35.9 Å². The topological polar surface area (TPSA) is 12.5 Å². The van der Waals surface area contributed by atoms with E-state index in [0.717, 1.165) is 6.61 Å². The van der Waals surface area contributed by atoms with Gasteiger partial charge >= 0.3 is 0 Å². The maximum atomic E-state index is 5.20. The van der Waals surface area contributed by atoms with E-state index < -0.39 is 0 Å². The molecule has 0 bridgehead atoms. The van der Waals surface area contributed by atoms with Crippen molar-refractivity contribution >= 4 is 0 Å². The number of ether oxygens (including phenoxy) is 1. The van der Waals surface area contributed by atoms with Crippen molar-refractivity contribution in [2.45, 2.75) is 25.4 Å². The van der Waals surface area contributed by atoms with E-state index in [2.05, 4.69) is 37.3 Å². The van der Waals surface area contributed by atoms with Crippen LogP contribution in [0.15, 0.2) is 30.3 Å². The van der Waals surface area contributed by atoms with Gasteiger partial charge in [-0.25, -0.2) is 0 Å². The highest BCUT2D eigenvalue weighted by Gasteiger charge is 2.24. The lowest BCUT2D eigenvalue weighted by atomic mass is 9.97. The van der Waals surface area contributed by atoms with Gasteiger partial charge in [-0.3, -0.25) is 0 Å². The van der Waals surface area contributed by atoms with Gasteiger partial charge < -0.3 is 4.74 Å². The second kappa shape index (κ2) is 3.28. The number of rotatable bonds is 3. The Morgan fingerprint density at radius 3 is 2.67 bits per heavy atom. The van der Waals surface area contributed by atoms with Crippen LogP contribution in [0.5, 0.6) is 0 Å². The molecule has 1 heterocycles. The molecule has 0 amide bonds. The second-order valence-electron chi connectivity index (χ2n) is 3.50. The highest BCUT2D eigenvalue weighted by atomic mass is 16.6. The van der Waals surface area contributed by atoms with Crippen LogP contribution in [-0.4, -0.2) is 12.7 Å². The molecule has 0 aliphatic carbocycles. The Morgan fingerprint density at radius 1 is 1.42 bits per heavy atom. The van der Waals surface area contributed by atoms with Gasteiger partial charge in [-0.05, 0) is 17.9 Å². The lowest BCUT2D eigenvalue weighted by molar-refractivity contribution is 0.385. The summed E-state index contributed by atoms with van der Waals surface area (Å²) in [6.45, 7) is 3.23. The molecule has 0 saturated carbocycles. The summed E-state index contributed by atoms with van der Waals surface area (Å²) >= 11 is 0. The van der Waals surface area contributed by atoms with Crippen LogP contribution >= 0.6 is 0 Å². The van der Waals surface area contributed by atoms with Gasteiger partial charge in [0.1, 0.15) is 0 Å². The van der Waals surface area contributed by atoms with Crippen LogP contribution in [0.1, 0.15) is 24.8 Å². The molecule has 1 fully saturated rings. The van der Waals surface area contributed by atoms with E-state index >= 15 is 0 Å². The standard InChI is InChI=1S/C11H14O/c1-9(7-11-8-12-11)10-5-3-2-4-6-10/h2-6,9,11H,7-8H2,1H3. The molecule has 1 nitrogen and oxygen atoms in total. The van der Waals surface area contributed by atoms with Crippen molar-refractivity contribution < 1.29 is 4.74 Å². The van der Waals surface area contributed by atoms with Crippen molar-refractivity contribution in [1.82, 2.24) is 0 Å². The molecular formula is C11H14O. The van der Waals surface area contributed by atoms with Crippen LogP contribution in [0.2, 0.25) is 0 Å². The van der Waals surface area contributed by atoms with Crippen LogP contribution in [-0.2, 0) is 4.74 Å². The van der Waals surface area contributed by atoms with Crippen LogP contribution in [0.25, 0.3) is 0 Å². The third-order valence-corrected chi connectivity index (χ3v) is 2.39. The van der Waals surface area contributed by atoms with Crippen LogP contribution < -0.4 is 0 Å². The van der Waals surface area contributed by atoms with Crippen molar-refractivity contribution in [3.8, 4) is 0 Å². The van der Waals surface area contributed by atoms with E-state index in [1.807, 2.05) is 0 Å². The third kappa shape index (κ3) is 1.86. The monoisotopic (exact) mass is 162 g/mol. The smallest absolute Gasteiger partial charge is 0.0815 e. The molecule has 12 heavy (non-hydrogen) atoms. The first-order valence-corrected chi connectivity index (χ1v) is 4.53. The normalized spacial score (nSPS) is 23.6. The van der Waals surface area contributed by atoms with Gasteiger partial charge in [-0.1, -0.05) is 37.3 Å². The Kier molecular flexibility index (Phi) is 2.13. The van der Waals surface area contributed by atoms with E-state index in [9.17, 15) is 0 Å². The molecular weight excluding hydrogens is 148 g/mol. The molecule has 1 saturated heterocycles. The van der Waals surface area contributed by atoms with Gasteiger partial charge in [0.25, 0.3) is 0 Å². The number of benzene rings is 1. The molecule has 2 rings (SSSR count). The Labute approximate surface area is 73.4 Å². The van der Waals surface area contributed by atoms with Gasteiger partial charge in [0.05, 0.1) is 12.7 Å². The van der Waals surface area contributed by atoms with E-state index in [1.54, 1.807) is 0 Å².